The fraction of sp³-hybridized carbons (Fsp3) is 0.182. The first-order valence-electron chi connectivity index (χ1n) is 9.94. The van der Waals surface area contributed by atoms with E-state index in [9.17, 15) is 13.2 Å². The number of hydrogen-bond acceptors (Lipinski definition) is 8. The van der Waals surface area contributed by atoms with Crippen molar-refractivity contribution >= 4 is 44.9 Å². The van der Waals surface area contributed by atoms with Crippen LogP contribution in [0.1, 0.15) is 27.0 Å². The molecule has 2 aromatic heterocycles. The number of carbonyl (C=O) groups is 1. The number of anilines is 1. The summed E-state index contributed by atoms with van der Waals surface area (Å²) in [5.41, 5.74) is 9.27. The highest BCUT2D eigenvalue weighted by Gasteiger charge is 2.15. The molecule has 0 aliphatic heterocycles. The van der Waals surface area contributed by atoms with Gasteiger partial charge in [0.25, 0.3) is 10.1 Å². The Morgan fingerprint density at radius 3 is 2.58 bits per heavy atom. The summed E-state index contributed by atoms with van der Waals surface area (Å²) in [4.78, 5) is 19.7. The molecule has 0 fully saturated rings. The van der Waals surface area contributed by atoms with Gasteiger partial charge in [0.05, 0.1) is 29.6 Å². The molecular weight excluding hydrogens is 466 g/mol. The molecule has 0 saturated heterocycles. The topological polar surface area (TPSA) is 130 Å². The Balaban J connectivity index is 1.52. The molecule has 4 rings (SSSR count). The van der Waals surface area contributed by atoms with Gasteiger partial charge in [-0.1, -0.05) is 23.8 Å². The van der Waals surface area contributed by atoms with Gasteiger partial charge in [0.1, 0.15) is 12.1 Å². The Morgan fingerprint density at radius 2 is 1.85 bits per heavy atom. The Hall–Kier alpha value is -3.34. The molecule has 0 aliphatic rings. The van der Waals surface area contributed by atoms with Crippen molar-refractivity contribution in [3.63, 3.8) is 0 Å². The molecule has 0 aliphatic carbocycles. The summed E-state index contributed by atoms with van der Waals surface area (Å²) in [6.45, 7) is 2.10. The first-order valence-corrected chi connectivity index (χ1v) is 11.7. The molecule has 0 amide bonds. The van der Waals surface area contributed by atoms with Crippen molar-refractivity contribution in [3.05, 3.63) is 76.2 Å². The molecule has 0 radical (unpaired) electrons. The summed E-state index contributed by atoms with van der Waals surface area (Å²) in [7, 11) is -3.87. The molecule has 33 heavy (non-hydrogen) atoms. The molecule has 170 valence electrons. The summed E-state index contributed by atoms with van der Waals surface area (Å²) in [6.07, 6.45) is 2.57. The normalized spacial score (nSPS) is 11.7. The van der Waals surface area contributed by atoms with Gasteiger partial charge in [0, 0.05) is 5.56 Å². The van der Waals surface area contributed by atoms with Crippen LogP contribution in [0.15, 0.2) is 53.6 Å². The number of carbonyl (C=O) groups excluding carboxylic acids is 1. The summed E-state index contributed by atoms with van der Waals surface area (Å²) in [5.74, 6) is 0.227. The highest BCUT2D eigenvalue weighted by molar-refractivity contribution is 7.86. The van der Waals surface area contributed by atoms with E-state index in [1.165, 1.54) is 12.1 Å². The molecule has 11 heteroatoms. The summed E-state index contributed by atoms with van der Waals surface area (Å²) in [5, 5.41) is 4.88. The van der Waals surface area contributed by atoms with Crippen molar-refractivity contribution in [3.8, 4) is 0 Å². The minimum Gasteiger partial charge on any atom is -0.383 e. The van der Waals surface area contributed by atoms with Gasteiger partial charge in [-0.25, -0.2) is 9.67 Å². The lowest BCUT2D eigenvalue weighted by molar-refractivity contribution is 0.112. The monoisotopic (exact) mass is 485 g/mol. The first kappa shape index (κ1) is 22.8. The smallest absolute Gasteiger partial charge is 0.296 e. The van der Waals surface area contributed by atoms with E-state index >= 15 is 0 Å². The highest BCUT2D eigenvalue weighted by Crippen LogP contribution is 2.21. The lowest BCUT2D eigenvalue weighted by Crippen LogP contribution is -2.10. The number of rotatable bonds is 8. The third-order valence-corrected chi connectivity index (χ3v) is 6.48. The molecule has 2 aromatic carbocycles. The van der Waals surface area contributed by atoms with Crippen LogP contribution in [0.2, 0.25) is 5.28 Å². The predicted octanol–water partition coefficient (Wildman–Crippen LogP) is 3.18. The summed E-state index contributed by atoms with van der Waals surface area (Å²) >= 11 is 5.92. The average molecular weight is 486 g/mol. The van der Waals surface area contributed by atoms with Crippen molar-refractivity contribution in [2.45, 2.75) is 24.8 Å². The predicted molar refractivity (Wildman–Crippen MR) is 124 cm³/mol. The fourth-order valence-electron chi connectivity index (χ4n) is 3.38. The van der Waals surface area contributed by atoms with E-state index in [-0.39, 0.29) is 22.6 Å². The maximum Gasteiger partial charge on any atom is 0.296 e. The fourth-order valence-corrected chi connectivity index (χ4v) is 4.45. The summed E-state index contributed by atoms with van der Waals surface area (Å²) < 4.78 is 31.6. The van der Waals surface area contributed by atoms with E-state index in [1.807, 2.05) is 13.0 Å². The lowest BCUT2D eigenvalue weighted by Gasteiger charge is -2.10. The number of aryl methyl sites for hydroxylation is 1. The van der Waals surface area contributed by atoms with Gasteiger partial charge in [-0.3, -0.25) is 8.98 Å². The number of halogens is 1. The molecule has 9 nitrogen and oxygen atoms in total. The number of hydrogen-bond donors (Lipinski definition) is 1. The molecule has 0 unspecified atom stereocenters. The van der Waals surface area contributed by atoms with Gasteiger partial charge in [-0.05, 0) is 60.3 Å². The molecule has 0 bridgehead atoms. The first-order chi connectivity index (χ1) is 15.7. The van der Waals surface area contributed by atoms with Crippen molar-refractivity contribution in [1.29, 1.82) is 0 Å². The van der Waals surface area contributed by atoms with Gasteiger partial charge >= 0.3 is 0 Å². The minimum absolute atomic E-state index is 0.0102. The van der Waals surface area contributed by atoms with Crippen LogP contribution in [-0.2, 0) is 27.3 Å². The minimum atomic E-state index is -3.87. The second-order valence-electron chi connectivity index (χ2n) is 7.46. The van der Waals surface area contributed by atoms with E-state index in [4.69, 9.17) is 21.5 Å². The maximum absolute atomic E-state index is 12.4. The Labute approximate surface area is 195 Å². The van der Waals surface area contributed by atoms with Gasteiger partial charge in [0.2, 0.25) is 5.28 Å². The molecule has 0 atom stereocenters. The third kappa shape index (κ3) is 5.19. The number of nitrogen functional groups attached to an aromatic ring is 1. The number of benzene rings is 2. The van der Waals surface area contributed by atoms with Gasteiger partial charge in [0.15, 0.2) is 5.65 Å². The van der Waals surface area contributed by atoms with Crippen LogP contribution in [-0.4, -0.2) is 41.1 Å². The van der Waals surface area contributed by atoms with Crippen molar-refractivity contribution in [2.75, 3.05) is 12.3 Å². The van der Waals surface area contributed by atoms with Crippen LogP contribution in [0.5, 0.6) is 0 Å². The Kier molecular flexibility index (Phi) is 6.41. The molecule has 4 aromatic rings. The number of nitrogens with two attached hydrogens (primary N) is 1. The van der Waals surface area contributed by atoms with Gasteiger partial charge in [-0.2, -0.15) is 18.5 Å². The molecule has 0 spiro atoms. The van der Waals surface area contributed by atoms with E-state index in [1.54, 1.807) is 35.1 Å². The van der Waals surface area contributed by atoms with Crippen LogP contribution in [0.4, 0.5) is 5.82 Å². The van der Waals surface area contributed by atoms with E-state index in [0.717, 1.165) is 23.0 Å². The second kappa shape index (κ2) is 9.26. The zero-order valence-electron chi connectivity index (χ0n) is 17.6. The number of aldehydes is 1. The quantitative estimate of drug-likeness (QED) is 0.229. The SMILES string of the molecule is Cc1ccc(S(=O)(=O)OCCc2cc(C=O)cc(Cn3ncc4c(N)nc(Cl)nc43)c2)cc1. The molecule has 2 N–H and O–H groups in total. The zero-order valence-corrected chi connectivity index (χ0v) is 19.2. The zero-order chi connectivity index (χ0) is 23.6. The standard InChI is InChI=1S/C22H20ClN5O4S/c1-14-2-4-18(5-3-14)33(30,31)32-7-6-15-8-16(10-17(9-15)13-29)12-28-21-19(11-25-28)20(24)26-22(23)27-21/h2-5,8-11,13H,6-7,12H2,1H3,(H2,24,26,27). The van der Waals surface area contributed by atoms with Crippen LogP contribution < -0.4 is 5.73 Å². The van der Waals surface area contributed by atoms with E-state index in [0.29, 0.717) is 29.6 Å². The van der Waals surface area contributed by atoms with Crippen LogP contribution >= 0.6 is 11.6 Å². The number of nitrogens with zero attached hydrogens (tertiary/aromatic N) is 4. The van der Waals surface area contributed by atoms with Crippen molar-refractivity contribution in [1.82, 2.24) is 19.7 Å². The number of aromatic nitrogens is 4. The van der Waals surface area contributed by atoms with Crippen LogP contribution in [0.3, 0.4) is 0 Å². The third-order valence-electron chi connectivity index (χ3n) is 4.98. The molecule has 2 heterocycles. The van der Waals surface area contributed by atoms with Crippen molar-refractivity contribution < 1.29 is 17.4 Å². The lowest BCUT2D eigenvalue weighted by atomic mass is 10.0. The van der Waals surface area contributed by atoms with E-state index < -0.39 is 10.1 Å². The highest BCUT2D eigenvalue weighted by atomic mass is 35.5. The molecule has 0 saturated carbocycles. The van der Waals surface area contributed by atoms with E-state index in [2.05, 4.69) is 15.1 Å². The maximum atomic E-state index is 12.4. The average Bonchev–Trinajstić information content (AvgIpc) is 3.16. The van der Waals surface area contributed by atoms with Crippen molar-refractivity contribution in [2.24, 2.45) is 0 Å². The van der Waals surface area contributed by atoms with Crippen LogP contribution in [0.25, 0.3) is 11.0 Å². The Bertz CT molecular complexity index is 1440. The Morgan fingerprint density at radius 1 is 1.12 bits per heavy atom. The second-order valence-corrected chi connectivity index (χ2v) is 9.41. The van der Waals surface area contributed by atoms with Crippen LogP contribution in [0, 0.1) is 6.92 Å². The molecular formula is C22H20ClN5O4S. The number of fused-ring (bicyclic) bond motifs is 1. The van der Waals surface area contributed by atoms with Gasteiger partial charge < -0.3 is 5.73 Å². The van der Waals surface area contributed by atoms with Gasteiger partial charge in [-0.15, -0.1) is 0 Å². The largest absolute Gasteiger partial charge is 0.383 e. The summed E-state index contributed by atoms with van der Waals surface area (Å²) in [6, 6.07) is 11.7.